The van der Waals surface area contributed by atoms with Crippen LogP contribution in [0.3, 0.4) is 0 Å². The smallest absolute Gasteiger partial charge is 0.220 e. The molecule has 0 fully saturated rings. The van der Waals surface area contributed by atoms with Gasteiger partial charge >= 0.3 is 0 Å². The van der Waals surface area contributed by atoms with Crippen molar-refractivity contribution in [2.24, 2.45) is 5.73 Å². The Kier molecular flexibility index (Phi) is 7.95. The van der Waals surface area contributed by atoms with Crippen molar-refractivity contribution >= 4 is 17.2 Å². The number of amides is 1. The highest BCUT2D eigenvalue weighted by Crippen LogP contribution is 2.13. The Labute approximate surface area is 119 Å². The zero-order chi connectivity index (χ0) is 13.9. The summed E-state index contributed by atoms with van der Waals surface area (Å²) in [5.74, 6) is 5.94. The number of thiophene rings is 1. The summed E-state index contributed by atoms with van der Waals surface area (Å²) in [6, 6.07) is 2.00. The number of hydrogen-bond donors (Lipinski definition) is 2. The zero-order valence-electron chi connectivity index (χ0n) is 11.5. The number of carbonyl (C=O) groups excluding carboxylic acids is 1. The summed E-state index contributed by atoms with van der Waals surface area (Å²) in [5, 5.41) is 4.94. The third kappa shape index (κ3) is 7.00. The molecule has 1 aromatic heterocycles. The Balaban J connectivity index is 2.24. The molecule has 0 saturated carbocycles. The quantitative estimate of drug-likeness (QED) is 0.595. The van der Waals surface area contributed by atoms with Gasteiger partial charge in [0, 0.05) is 22.2 Å². The van der Waals surface area contributed by atoms with Gasteiger partial charge in [0.2, 0.25) is 5.91 Å². The van der Waals surface area contributed by atoms with Crippen molar-refractivity contribution in [3.63, 3.8) is 0 Å². The molecule has 0 saturated heterocycles. The van der Waals surface area contributed by atoms with Crippen molar-refractivity contribution < 1.29 is 4.79 Å². The van der Waals surface area contributed by atoms with Crippen LogP contribution >= 0.6 is 11.3 Å². The minimum Gasteiger partial charge on any atom is -0.351 e. The van der Waals surface area contributed by atoms with E-state index >= 15 is 0 Å². The highest BCUT2D eigenvalue weighted by Gasteiger charge is 2.02. The molecule has 104 valence electrons. The van der Waals surface area contributed by atoms with Crippen LogP contribution in [0.1, 0.15) is 49.5 Å². The first-order valence-corrected chi connectivity index (χ1v) is 7.67. The van der Waals surface area contributed by atoms with Crippen molar-refractivity contribution in [3.05, 3.63) is 21.9 Å². The molecule has 0 radical (unpaired) electrons. The topological polar surface area (TPSA) is 55.1 Å². The normalized spacial score (nSPS) is 9.79. The summed E-state index contributed by atoms with van der Waals surface area (Å²) in [6.07, 6.45) is 5.16. The van der Waals surface area contributed by atoms with E-state index in [1.165, 1.54) is 12.8 Å². The van der Waals surface area contributed by atoms with Crippen LogP contribution in [0.5, 0.6) is 0 Å². The van der Waals surface area contributed by atoms with Gasteiger partial charge < -0.3 is 11.1 Å². The monoisotopic (exact) mass is 278 g/mol. The summed E-state index contributed by atoms with van der Waals surface area (Å²) in [6.45, 7) is 3.14. The molecule has 0 atom stereocenters. The van der Waals surface area contributed by atoms with Gasteiger partial charge in [-0.25, -0.2) is 0 Å². The molecule has 4 heteroatoms. The Bertz CT molecular complexity index is 442. The van der Waals surface area contributed by atoms with E-state index in [4.69, 9.17) is 5.73 Å². The van der Waals surface area contributed by atoms with E-state index in [0.29, 0.717) is 19.5 Å². The van der Waals surface area contributed by atoms with E-state index in [1.807, 2.05) is 11.4 Å². The molecule has 0 aromatic carbocycles. The van der Waals surface area contributed by atoms with Crippen LogP contribution in [0.4, 0.5) is 0 Å². The first-order valence-electron chi connectivity index (χ1n) is 6.79. The van der Waals surface area contributed by atoms with Crippen LogP contribution in [0, 0.1) is 11.8 Å². The molecule has 0 aliphatic carbocycles. The first-order chi connectivity index (χ1) is 9.26. The lowest BCUT2D eigenvalue weighted by Crippen LogP contribution is -2.21. The maximum Gasteiger partial charge on any atom is 0.220 e. The van der Waals surface area contributed by atoms with Crippen molar-refractivity contribution in [1.82, 2.24) is 5.32 Å². The maximum atomic E-state index is 11.6. The average Bonchev–Trinajstić information content (AvgIpc) is 2.87. The predicted molar refractivity (Wildman–Crippen MR) is 80.9 cm³/mol. The van der Waals surface area contributed by atoms with Crippen molar-refractivity contribution in [2.45, 2.75) is 45.6 Å². The van der Waals surface area contributed by atoms with Gasteiger partial charge in [0.15, 0.2) is 0 Å². The van der Waals surface area contributed by atoms with Crippen LogP contribution in [-0.2, 0) is 11.3 Å². The molecule has 3 nitrogen and oxygen atoms in total. The molecule has 0 spiro atoms. The lowest BCUT2D eigenvalue weighted by molar-refractivity contribution is -0.121. The van der Waals surface area contributed by atoms with E-state index in [0.717, 1.165) is 23.3 Å². The van der Waals surface area contributed by atoms with Crippen molar-refractivity contribution in [2.75, 3.05) is 6.54 Å². The molecule has 0 aliphatic rings. The minimum absolute atomic E-state index is 0.138. The fourth-order valence-corrected chi connectivity index (χ4v) is 2.43. The Morgan fingerprint density at radius 3 is 3.00 bits per heavy atom. The van der Waals surface area contributed by atoms with Crippen LogP contribution in [-0.4, -0.2) is 12.5 Å². The molecular weight excluding hydrogens is 256 g/mol. The molecule has 1 heterocycles. The minimum atomic E-state index is 0.138. The first kappa shape index (κ1) is 15.7. The number of unbranched alkanes of at least 4 members (excludes halogenated alkanes) is 3. The number of rotatable bonds is 7. The Morgan fingerprint density at radius 2 is 2.26 bits per heavy atom. The van der Waals surface area contributed by atoms with Gasteiger partial charge in [-0.05, 0) is 12.5 Å². The van der Waals surface area contributed by atoms with E-state index in [2.05, 4.69) is 24.1 Å². The lowest BCUT2D eigenvalue weighted by Gasteiger charge is -2.03. The average molecular weight is 278 g/mol. The van der Waals surface area contributed by atoms with E-state index in [9.17, 15) is 4.79 Å². The van der Waals surface area contributed by atoms with Gasteiger partial charge in [0.25, 0.3) is 0 Å². The van der Waals surface area contributed by atoms with Crippen LogP contribution < -0.4 is 11.1 Å². The summed E-state index contributed by atoms with van der Waals surface area (Å²) >= 11 is 1.62. The summed E-state index contributed by atoms with van der Waals surface area (Å²) in [5.41, 5.74) is 6.30. The van der Waals surface area contributed by atoms with Gasteiger partial charge in [-0.3, -0.25) is 4.79 Å². The molecule has 3 N–H and O–H groups in total. The van der Waals surface area contributed by atoms with E-state index in [1.54, 1.807) is 11.3 Å². The number of nitrogens with two attached hydrogens (primary N) is 1. The highest BCUT2D eigenvalue weighted by atomic mass is 32.1. The highest BCUT2D eigenvalue weighted by molar-refractivity contribution is 7.10. The molecule has 1 amide bonds. The SMILES string of the molecule is CCCCCCC(=O)NCc1cc(C#CCN)cs1. The number of hydrogen-bond acceptors (Lipinski definition) is 3. The maximum absolute atomic E-state index is 11.6. The second kappa shape index (κ2) is 9.60. The zero-order valence-corrected chi connectivity index (χ0v) is 12.3. The predicted octanol–water partition coefficient (Wildman–Crippen LogP) is 2.64. The second-order valence-corrected chi connectivity index (χ2v) is 5.39. The third-order valence-electron chi connectivity index (χ3n) is 2.71. The Hall–Kier alpha value is -1.31. The van der Waals surface area contributed by atoms with Gasteiger partial charge in [-0.2, -0.15) is 0 Å². The molecular formula is C15H22N2OS. The van der Waals surface area contributed by atoms with Gasteiger partial charge in [-0.1, -0.05) is 38.0 Å². The van der Waals surface area contributed by atoms with Crippen LogP contribution in [0.15, 0.2) is 11.4 Å². The molecule has 1 rings (SSSR count). The van der Waals surface area contributed by atoms with Gasteiger partial charge in [-0.15, -0.1) is 11.3 Å². The van der Waals surface area contributed by atoms with Gasteiger partial charge in [0.05, 0.1) is 13.1 Å². The summed E-state index contributed by atoms with van der Waals surface area (Å²) in [4.78, 5) is 12.7. The van der Waals surface area contributed by atoms with E-state index < -0.39 is 0 Å². The van der Waals surface area contributed by atoms with Crippen molar-refractivity contribution in [1.29, 1.82) is 0 Å². The molecule has 19 heavy (non-hydrogen) atoms. The Morgan fingerprint density at radius 1 is 1.42 bits per heavy atom. The lowest BCUT2D eigenvalue weighted by atomic mass is 10.1. The molecule has 1 aromatic rings. The number of nitrogens with one attached hydrogen (secondary N) is 1. The van der Waals surface area contributed by atoms with Crippen molar-refractivity contribution in [3.8, 4) is 11.8 Å². The molecule has 0 aliphatic heterocycles. The summed E-state index contributed by atoms with van der Waals surface area (Å²) in [7, 11) is 0. The second-order valence-electron chi connectivity index (χ2n) is 4.39. The fraction of sp³-hybridized carbons (Fsp3) is 0.533. The molecule has 0 unspecified atom stereocenters. The van der Waals surface area contributed by atoms with E-state index in [-0.39, 0.29) is 5.91 Å². The summed E-state index contributed by atoms with van der Waals surface area (Å²) < 4.78 is 0. The largest absolute Gasteiger partial charge is 0.351 e. The standard InChI is InChI=1S/C15H22N2OS/c1-2-3-4-5-8-15(18)17-11-14-10-13(12-19-14)7-6-9-16/h10,12H,2-5,8-9,11,16H2,1H3,(H,17,18). The van der Waals surface area contributed by atoms with Gasteiger partial charge in [0.1, 0.15) is 0 Å². The molecule has 0 bridgehead atoms. The van der Waals surface area contributed by atoms with Crippen LogP contribution in [0.2, 0.25) is 0 Å². The van der Waals surface area contributed by atoms with Crippen LogP contribution in [0.25, 0.3) is 0 Å². The third-order valence-corrected chi connectivity index (χ3v) is 3.64. The number of carbonyl (C=O) groups is 1. The fourth-order valence-electron chi connectivity index (χ4n) is 1.68.